The van der Waals surface area contributed by atoms with Crippen molar-refractivity contribution in [2.45, 2.75) is 10.6 Å². The first-order chi connectivity index (χ1) is 13.9. The molecule has 3 rings (SSSR count). The summed E-state index contributed by atoms with van der Waals surface area (Å²) >= 11 is 12.0. The molecule has 29 heavy (non-hydrogen) atoms. The summed E-state index contributed by atoms with van der Waals surface area (Å²) in [7, 11) is -3.63. The third-order valence-corrected chi connectivity index (χ3v) is 6.14. The summed E-state index contributed by atoms with van der Waals surface area (Å²) in [4.78, 5) is 12.4. The van der Waals surface area contributed by atoms with Gasteiger partial charge in [-0.1, -0.05) is 47.5 Å². The highest BCUT2D eigenvalue weighted by molar-refractivity contribution is 7.90. The molecule has 2 aromatic carbocycles. The van der Waals surface area contributed by atoms with Crippen molar-refractivity contribution in [2.24, 2.45) is 0 Å². The second-order valence-electron chi connectivity index (χ2n) is 5.88. The van der Waals surface area contributed by atoms with Crippen LogP contribution in [0.4, 0.5) is 0 Å². The van der Waals surface area contributed by atoms with E-state index in [1.807, 2.05) is 0 Å². The second-order valence-corrected chi connectivity index (χ2v) is 8.69. The van der Waals surface area contributed by atoms with Gasteiger partial charge in [-0.2, -0.15) is 0 Å². The first-order valence-electron chi connectivity index (χ1n) is 8.46. The van der Waals surface area contributed by atoms with Gasteiger partial charge in [-0.05, 0) is 30.3 Å². The number of esters is 1. The molecule has 0 amide bonds. The van der Waals surface area contributed by atoms with E-state index in [9.17, 15) is 13.2 Å². The maximum Gasteiger partial charge on any atom is 0.374 e. The van der Waals surface area contributed by atoms with E-state index in [-0.39, 0.29) is 35.2 Å². The number of furan rings is 1. The van der Waals surface area contributed by atoms with E-state index >= 15 is 0 Å². The average Bonchev–Trinajstić information content (AvgIpc) is 3.15. The molecule has 0 aliphatic heterocycles. The first kappa shape index (κ1) is 21.2. The van der Waals surface area contributed by atoms with Crippen molar-refractivity contribution < 1.29 is 27.1 Å². The molecular weight excluding hydrogens is 439 g/mol. The second kappa shape index (κ2) is 9.35. The number of ether oxygens (including phenoxy) is 2. The van der Waals surface area contributed by atoms with E-state index in [0.717, 1.165) is 0 Å². The Labute approximate surface area is 177 Å². The lowest BCUT2D eigenvalue weighted by Gasteiger charge is -2.10. The number of halogens is 2. The zero-order valence-corrected chi connectivity index (χ0v) is 17.3. The molecule has 0 fully saturated rings. The Bertz CT molecular complexity index is 1070. The molecule has 0 radical (unpaired) electrons. The van der Waals surface area contributed by atoms with Crippen molar-refractivity contribution in [2.75, 3.05) is 13.2 Å². The zero-order valence-electron chi connectivity index (χ0n) is 15.0. The number of hydrogen-bond donors (Lipinski definition) is 0. The van der Waals surface area contributed by atoms with Crippen molar-refractivity contribution >= 4 is 39.0 Å². The number of hydrogen-bond acceptors (Lipinski definition) is 6. The van der Waals surface area contributed by atoms with Crippen LogP contribution < -0.4 is 4.74 Å². The van der Waals surface area contributed by atoms with Crippen molar-refractivity contribution in [3.63, 3.8) is 0 Å². The summed E-state index contributed by atoms with van der Waals surface area (Å²) in [5.74, 6) is -1.05. The summed E-state index contributed by atoms with van der Waals surface area (Å²) in [5.41, 5.74) is 0.217. The number of rotatable bonds is 8. The van der Waals surface area contributed by atoms with Gasteiger partial charge in [-0.3, -0.25) is 0 Å². The topological polar surface area (TPSA) is 82.8 Å². The molecule has 0 saturated heterocycles. The minimum atomic E-state index is -3.63. The van der Waals surface area contributed by atoms with E-state index in [1.165, 1.54) is 24.5 Å². The van der Waals surface area contributed by atoms with E-state index in [2.05, 4.69) is 0 Å². The lowest BCUT2D eigenvalue weighted by atomic mass is 10.3. The number of carbonyl (C=O) groups excluding carboxylic acids is 1. The van der Waals surface area contributed by atoms with Crippen LogP contribution in [0.5, 0.6) is 5.75 Å². The average molecular weight is 455 g/mol. The molecule has 0 N–H and O–H groups in total. The van der Waals surface area contributed by atoms with Gasteiger partial charge in [-0.25, -0.2) is 13.2 Å². The monoisotopic (exact) mass is 454 g/mol. The van der Waals surface area contributed by atoms with Crippen LogP contribution in [0.3, 0.4) is 0 Å². The Morgan fingerprint density at radius 1 is 0.931 bits per heavy atom. The molecule has 0 spiro atoms. The maximum atomic E-state index is 12.5. The molecule has 0 aliphatic rings. The van der Waals surface area contributed by atoms with Crippen LogP contribution in [0.15, 0.2) is 70.2 Å². The predicted octanol–water partition coefficient (Wildman–Crippen LogP) is 4.80. The van der Waals surface area contributed by atoms with Gasteiger partial charge in [-0.15, -0.1) is 0 Å². The molecule has 1 heterocycles. The first-order valence-corrected chi connectivity index (χ1v) is 10.9. The third-order valence-electron chi connectivity index (χ3n) is 3.86. The quantitative estimate of drug-likeness (QED) is 0.359. The summed E-state index contributed by atoms with van der Waals surface area (Å²) in [5, 5.41) is 0.673. The van der Waals surface area contributed by atoms with Crippen LogP contribution in [-0.4, -0.2) is 27.6 Å². The molecule has 3 aromatic rings. The van der Waals surface area contributed by atoms with Crippen molar-refractivity contribution in [1.82, 2.24) is 0 Å². The molecule has 0 atom stereocenters. The van der Waals surface area contributed by atoms with Crippen molar-refractivity contribution in [1.29, 1.82) is 0 Å². The summed E-state index contributed by atoms with van der Waals surface area (Å²) in [6, 6.07) is 14.3. The summed E-state index contributed by atoms with van der Waals surface area (Å²) in [6.45, 7) is -0.0977. The van der Waals surface area contributed by atoms with Gasteiger partial charge in [0.1, 0.15) is 13.2 Å². The number of para-hydroxylation sites is 1. The van der Waals surface area contributed by atoms with E-state index in [0.29, 0.717) is 15.8 Å². The third kappa shape index (κ3) is 5.32. The number of carbonyl (C=O) groups is 1. The molecular formula is C20H16Cl2O6S. The normalized spacial score (nSPS) is 11.2. The van der Waals surface area contributed by atoms with E-state index in [4.69, 9.17) is 37.1 Å². The van der Waals surface area contributed by atoms with Gasteiger partial charge in [0.15, 0.2) is 15.6 Å². The maximum absolute atomic E-state index is 12.5. The Morgan fingerprint density at radius 2 is 1.62 bits per heavy atom. The van der Waals surface area contributed by atoms with Gasteiger partial charge in [0, 0.05) is 5.56 Å². The number of sulfone groups is 1. The molecule has 6 nitrogen and oxygen atoms in total. The van der Waals surface area contributed by atoms with Crippen LogP contribution in [0.25, 0.3) is 0 Å². The highest BCUT2D eigenvalue weighted by Crippen LogP contribution is 2.32. The van der Waals surface area contributed by atoms with Crippen molar-refractivity contribution in [3.05, 3.63) is 82.2 Å². The minimum Gasteiger partial charge on any atom is -0.487 e. The Hall–Kier alpha value is -2.48. The van der Waals surface area contributed by atoms with Crippen LogP contribution in [-0.2, 0) is 20.3 Å². The molecule has 152 valence electrons. The van der Waals surface area contributed by atoms with E-state index < -0.39 is 15.8 Å². The lowest BCUT2D eigenvalue weighted by Crippen LogP contribution is -2.14. The molecule has 0 aliphatic carbocycles. The molecule has 0 bridgehead atoms. The van der Waals surface area contributed by atoms with Gasteiger partial charge in [0.25, 0.3) is 0 Å². The minimum absolute atomic E-state index is 0.00749. The number of benzene rings is 2. The van der Waals surface area contributed by atoms with E-state index in [1.54, 1.807) is 36.4 Å². The van der Waals surface area contributed by atoms with Crippen LogP contribution in [0.1, 0.15) is 16.1 Å². The predicted molar refractivity (Wildman–Crippen MR) is 108 cm³/mol. The van der Waals surface area contributed by atoms with Crippen molar-refractivity contribution in [3.8, 4) is 5.75 Å². The van der Waals surface area contributed by atoms with Crippen LogP contribution >= 0.6 is 23.2 Å². The Balaban J connectivity index is 1.59. The zero-order chi connectivity index (χ0) is 20.9. The molecule has 0 saturated carbocycles. The molecule has 1 aromatic heterocycles. The molecule has 9 heteroatoms. The Kier molecular flexibility index (Phi) is 6.84. The fraction of sp³-hybridized carbons (Fsp3) is 0.150. The summed E-state index contributed by atoms with van der Waals surface area (Å²) in [6.07, 6.45) is 1.24. The van der Waals surface area contributed by atoms with Gasteiger partial charge < -0.3 is 13.9 Å². The van der Waals surface area contributed by atoms with Gasteiger partial charge >= 0.3 is 5.97 Å². The summed E-state index contributed by atoms with van der Waals surface area (Å²) < 4.78 is 40.7. The standard InChI is InChI=1S/C20H16Cl2O6S/c21-16-7-4-8-17(22)19(16)27-11-12-28-20(23)18-14(9-10-26-18)13-29(24,25)15-5-2-1-3-6-15/h1-10H,11-13H2. The van der Waals surface area contributed by atoms with Gasteiger partial charge in [0.2, 0.25) is 5.76 Å². The van der Waals surface area contributed by atoms with Gasteiger partial charge in [0.05, 0.1) is 27.0 Å². The molecule has 0 unspecified atom stereocenters. The van der Waals surface area contributed by atoms with Crippen LogP contribution in [0.2, 0.25) is 10.0 Å². The SMILES string of the molecule is O=C(OCCOc1c(Cl)cccc1Cl)c1occc1CS(=O)(=O)c1ccccc1. The fourth-order valence-electron chi connectivity index (χ4n) is 2.51. The van der Waals surface area contributed by atoms with Crippen LogP contribution in [0, 0.1) is 0 Å². The largest absolute Gasteiger partial charge is 0.487 e. The smallest absolute Gasteiger partial charge is 0.374 e. The Morgan fingerprint density at radius 3 is 2.31 bits per heavy atom. The highest BCUT2D eigenvalue weighted by Gasteiger charge is 2.23. The fourth-order valence-corrected chi connectivity index (χ4v) is 4.39. The highest BCUT2D eigenvalue weighted by atomic mass is 35.5. The lowest BCUT2D eigenvalue weighted by molar-refractivity contribution is 0.0414.